The molecule has 2 rings (SSSR count). The summed E-state index contributed by atoms with van der Waals surface area (Å²) in [4.78, 5) is 6.91. The molecule has 0 aromatic carbocycles. The summed E-state index contributed by atoms with van der Waals surface area (Å²) >= 11 is 0. The number of anilines is 1. The van der Waals surface area contributed by atoms with E-state index in [1.807, 2.05) is 6.07 Å². The van der Waals surface area contributed by atoms with Gasteiger partial charge in [0.15, 0.2) is 0 Å². The Labute approximate surface area is 103 Å². The zero-order chi connectivity index (χ0) is 12.4. The molecule has 1 aliphatic rings. The molecule has 3 heteroatoms. The summed E-state index contributed by atoms with van der Waals surface area (Å²) < 4.78 is 0. The van der Waals surface area contributed by atoms with Gasteiger partial charge in [-0.05, 0) is 49.8 Å². The second-order valence-electron chi connectivity index (χ2n) is 5.31. The van der Waals surface area contributed by atoms with E-state index in [1.165, 1.54) is 12.8 Å². The van der Waals surface area contributed by atoms with E-state index in [9.17, 15) is 0 Å². The number of aliphatic hydroxyl groups is 1. The van der Waals surface area contributed by atoms with Gasteiger partial charge in [0.2, 0.25) is 0 Å². The maximum atomic E-state index is 9.10. The van der Waals surface area contributed by atoms with Crippen molar-refractivity contribution in [2.24, 2.45) is 5.92 Å². The Hall–Kier alpha value is -1.09. The molecule has 1 aromatic heterocycles. The molecule has 94 valence electrons. The number of hydrogen-bond donors (Lipinski definition) is 1. The van der Waals surface area contributed by atoms with Gasteiger partial charge >= 0.3 is 0 Å². The summed E-state index contributed by atoms with van der Waals surface area (Å²) in [5, 5.41) is 9.10. The summed E-state index contributed by atoms with van der Waals surface area (Å²) in [6.45, 7) is 7.83. The predicted octanol–water partition coefficient (Wildman–Crippen LogP) is 2.51. The molecule has 0 spiro atoms. The van der Waals surface area contributed by atoms with E-state index in [0.29, 0.717) is 6.04 Å². The largest absolute Gasteiger partial charge is 0.392 e. The highest BCUT2D eigenvalue weighted by molar-refractivity contribution is 5.48. The van der Waals surface area contributed by atoms with Crippen molar-refractivity contribution in [2.75, 3.05) is 11.4 Å². The van der Waals surface area contributed by atoms with E-state index >= 15 is 0 Å². The molecule has 0 bridgehead atoms. The molecule has 1 fully saturated rings. The lowest BCUT2D eigenvalue weighted by Gasteiger charge is -2.38. The molecule has 2 unspecified atom stereocenters. The van der Waals surface area contributed by atoms with Crippen LogP contribution < -0.4 is 4.90 Å². The van der Waals surface area contributed by atoms with Gasteiger partial charge in [-0.1, -0.05) is 6.92 Å². The van der Waals surface area contributed by atoms with Gasteiger partial charge in [-0.3, -0.25) is 0 Å². The number of rotatable bonds is 2. The zero-order valence-corrected chi connectivity index (χ0v) is 11.0. The molecule has 0 saturated carbocycles. The number of hydrogen-bond acceptors (Lipinski definition) is 3. The first kappa shape index (κ1) is 12.4. The van der Waals surface area contributed by atoms with Gasteiger partial charge in [-0.15, -0.1) is 0 Å². The quantitative estimate of drug-likeness (QED) is 0.854. The van der Waals surface area contributed by atoms with Gasteiger partial charge < -0.3 is 10.0 Å². The third-order valence-electron chi connectivity index (χ3n) is 3.70. The highest BCUT2D eigenvalue weighted by Gasteiger charge is 2.24. The normalized spacial score (nSPS) is 25.1. The van der Waals surface area contributed by atoms with Crippen molar-refractivity contribution in [2.45, 2.75) is 46.3 Å². The fraction of sp³-hybridized carbons (Fsp3) is 0.643. The third-order valence-corrected chi connectivity index (χ3v) is 3.70. The van der Waals surface area contributed by atoms with Gasteiger partial charge in [0.05, 0.1) is 6.61 Å². The minimum Gasteiger partial charge on any atom is -0.392 e. The van der Waals surface area contributed by atoms with E-state index in [1.54, 1.807) is 6.20 Å². The SMILES string of the molecule is Cc1cc(CO)cnc1N1CCC(C)CC1C. The molecule has 1 aromatic rings. The van der Waals surface area contributed by atoms with Crippen LogP contribution in [0.4, 0.5) is 5.82 Å². The van der Waals surface area contributed by atoms with E-state index < -0.39 is 0 Å². The maximum absolute atomic E-state index is 9.10. The van der Waals surface area contributed by atoms with Gasteiger partial charge in [0, 0.05) is 18.8 Å². The van der Waals surface area contributed by atoms with Gasteiger partial charge in [-0.25, -0.2) is 4.98 Å². The van der Waals surface area contributed by atoms with Crippen LogP contribution in [-0.4, -0.2) is 22.7 Å². The first-order valence-corrected chi connectivity index (χ1v) is 6.45. The first-order valence-electron chi connectivity index (χ1n) is 6.45. The van der Waals surface area contributed by atoms with Crippen LogP contribution in [0.25, 0.3) is 0 Å². The number of pyridine rings is 1. The smallest absolute Gasteiger partial charge is 0.131 e. The van der Waals surface area contributed by atoms with Crippen LogP contribution in [0.15, 0.2) is 12.3 Å². The molecule has 2 heterocycles. The number of aliphatic hydroxyl groups excluding tert-OH is 1. The second kappa shape index (κ2) is 5.05. The van der Waals surface area contributed by atoms with Crippen molar-refractivity contribution in [3.8, 4) is 0 Å². The molecule has 0 aliphatic carbocycles. The lowest BCUT2D eigenvalue weighted by molar-refractivity contribution is 0.281. The standard InChI is InChI=1S/C14H22N2O/c1-10-4-5-16(12(3)6-10)14-11(2)7-13(9-17)8-15-14/h7-8,10,12,17H,4-6,9H2,1-3H3. The van der Waals surface area contributed by atoms with Crippen LogP contribution in [0.2, 0.25) is 0 Å². The lowest BCUT2D eigenvalue weighted by atomic mass is 9.93. The number of nitrogens with zero attached hydrogens (tertiary/aromatic N) is 2. The van der Waals surface area contributed by atoms with Crippen molar-refractivity contribution >= 4 is 5.82 Å². The average Bonchev–Trinajstić information content (AvgIpc) is 2.30. The number of piperidine rings is 1. The van der Waals surface area contributed by atoms with Crippen LogP contribution in [0, 0.1) is 12.8 Å². The van der Waals surface area contributed by atoms with Crippen molar-refractivity contribution in [1.29, 1.82) is 0 Å². The first-order chi connectivity index (χ1) is 8.11. The Morgan fingerprint density at radius 3 is 2.82 bits per heavy atom. The fourth-order valence-corrected chi connectivity index (χ4v) is 2.73. The number of aromatic nitrogens is 1. The molecular weight excluding hydrogens is 212 g/mol. The minimum atomic E-state index is 0.0701. The van der Waals surface area contributed by atoms with E-state index in [-0.39, 0.29) is 6.61 Å². The summed E-state index contributed by atoms with van der Waals surface area (Å²) in [5.74, 6) is 1.90. The van der Waals surface area contributed by atoms with Crippen LogP contribution in [0.1, 0.15) is 37.8 Å². The maximum Gasteiger partial charge on any atom is 0.131 e. The molecule has 0 radical (unpaired) electrons. The predicted molar refractivity (Wildman–Crippen MR) is 70.1 cm³/mol. The summed E-state index contributed by atoms with van der Waals surface area (Å²) in [6, 6.07) is 2.59. The molecule has 0 amide bonds. The van der Waals surface area contributed by atoms with E-state index in [2.05, 4.69) is 30.7 Å². The summed E-state index contributed by atoms with van der Waals surface area (Å²) in [7, 11) is 0. The Kier molecular flexibility index (Phi) is 3.67. The molecule has 2 atom stereocenters. The van der Waals surface area contributed by atoms with E-state index in [0.717, 1.165) is 29.4 Å². The highest BCUT2D eigenvalue weighted by atomic mass is 16.3. The number of aryl methyl sites for hydroxylation is 1. The Bertz CT molecular complexity index is 392. The lowest BCUT2D eigenvalue weighted by Crippen LogP contribution is -2.41. The summed E-state index contributed by atoms with van der Waals surface area (Å²) in [6.07, 6.45) is 4.27. The Morgan fingerprint density at radius 1 is 1.47 bits per heavy atom. The summed E-state index contributed by atoms with van der Waals surface area (Å²) in [5.41, 5.74) is 2.06. The Morgan fingerprint density at radius 2 is 2.24 bits per heavy atom. The van der Waals surface area contributed by atoms with Crippen molar-refractivity contribution in [3.63, 3.8) is 0 Å². The minimum absolute atomic E-state index is 0.0701. The van der Waals surface area contributed by atoms with Crippen LogP contribution in [0.3, 0.4) is 0 Å². The van der Waals surface area contributed by atoms with Gasteiger partial charge in [-0.2, -0.15) is 0 Å². The Balaban J connectivity index is 2.22. The second-order valence-corrected chi connectivity index (χ2v) is 5.31. The third kappa shape index (κ3) is 2.60. The van der Waals surface area contributed by atoms with Crippen molar-refractivity contribution in [1.82, 2.24) is 4.98 Å². The zero-order valence-electron chi connectivity index (χ0n) is 11.0. The van der Waals surface area contributed by atoms with Gasteiger partial charge in [0.1, 0.15) is 5.82 Å². The van der Waals surface area contributed by atoms with Crippen molar-refractivity contribution in [3.05, 3.63) is 23.4 Å². The van der Waals surface area contributed by atoms with Crippen LogP contribution >= 0.6 is 0 Å². The topological polar surface area (TPSA) is 36.4 Å². The van der Waals surface area contributed by atoms with Crippen molar-refractivity contribution < 1.29 is 5.11 Å². The average molecular weight is 234 g/mol. The fourth-order valence-electron chi connectivity index (χ4n) is 2.73. The molecule has 3 nitrogen and oxygen atoms in total. The van der Waals surface area contributed by atoms with E-state index in [4.69, 9.17) is 5.11 Å². The molecular formula is C14H22N2O. The molecule has 1 aliphatic heterocycles. The molecule has 1 N–H and O–H groups in total. The van der Waals surface area contributed by atoms with Crippen LogP contribution in [-0.2, 0) is 6.61 Å². The molecule has 17 heavy (non-hydrogen) atoms. The van der Waals surface area contributed by atoms with Gasteiger partial charge in [0.25, 0.3) is 0 Å². The van der Waals surface area contributed by atoms with Crippen LogP contribution in [0.5, 0.6) is 0 Å². The highest BCUT2D eigenvalue weighted by Crippen LogP contribution is 2.28. The monoisotopic (exact) mass is 234 g/mol. The molecule has 1 saturated heterocycles.